The first-order chi connectivity index (χ1) is 14.6. The Kier molecular flexibility index (Phi) is 6.12. The molecule has 0 atom stereocenters. The monoisotopic (exact) mass is 425 g/mol. The molecule has 3 aromatic rings. The van der Waals surface area contributed by atoms with Crippen LogP contribution in [0.5, 0.6) is 0 Å². The quantitative estimate of drug-likeness (QED) is 0.571. The number of nitrogens with zero attached hydrogens (tertiary/aromatic N) is 3. The van der Waals surface area contributed by atoms with Crippen LogP contribution in [0.3, 0.4) is 0 Å². The summed E-state index contributed by atoms with van der Waals surface area (Å²) in [6.45, 7) is 2.69. The number of nitriles is 1. The molecule has 2 aromatic heterocycles. The Bertz CT molecular complexity index is 1170. The second-order valence-corrected chi connectivity index (χ2v) is 7.54. The van der Waals surface area contributed by atoms with Gasteiger partial charge in [0.05, 0.1) is 46.8 Å². The number of pyridine rings is 1. The van der Waals surface area contributed by atoms with Crippen molar-refractivity contribution in [2.75, 3.05) is 24.2 Å². The van der Waals surface area contributed by atoms with Crippen LogP contribution >= 0.6 is 0 Å². The van der Waals surface area contributed by atoms with Gasteiger partial charge in [-0.2, -0.15) is 18.4 Å². The zero-order valence-electron chi connectivity index (χ0n) is 17.4. The van der Waals surface area contributed by atoms with Gasteiger partial charge >= 0.3 is 6.18 Å². The zero-order chi connectivity index (χ0) is 22.6. The first-order valence-corrected chi connectivity index (χ1v) is 9.62. The third-order valence-electron chi connectivity index (χ3n) is 4.83. The summed E-state index contributed by atoms with van der Waals surface area (Å²) in [5.74, 6) is 5.73. The van der Waals surface area contributed by atoms with Crippen LogP contribution in [-0.2, 0) is 12.0 Å². The van der Waals surface area contributed by atoms with Crippen molar-refractivity contribution in [2.24, 2.45) is 0 Å². The van der Waals surface area contributed by atoms with E-state index < -0.39 is 18.1 Å². The Hall–Kier alpha value is -3.65. The molecule has 2 N–H and O–H groups in total. The summed E-state index contributed by atoms with van der Waals surface area (Å²) < 4.78 is 40.6. The molecule has 0 unspecified atom stereocenters. The van der Waals surface area contributed by atoms with Crippen LogP contribution in [0, 0.1) is 23.2 Å². The Morgan fingerprint density at radius 2 is 1.94 bits per heavy atom. The Morgan fingerprint density at radius 3 is 2.55 bits per heavy atom. The van der Waals surface area contributed by atoms with Crippen molar-refractivity contribution in [3.05, 3.63) is 54.0 Å². The molecule has 0 spiro atoms. The van der Waals surface area contributed by atoms with Gasteiger partial charge in [0.25, 0.3) is 0 Å². The molecule has 0 bridgehead atoms. The molecular weight excluding hydrogens is 403 g/mol. The third kappa shape index (κ3) is 5.10. The number of aromatic nitrogens is 2. The Balaban J connectivity index is 1.81. The number of alkyl halides is 3. The van der Waals surface area contributed by atoms with Crippen molar-refractivity contribution >= 4 is 22.3 Å². The van der Waals surface area contributed by atoms with Crippen molar-refractivity contribution < 1.29 is 13.2 Å². The number of halogens is 3. The average Bonchev–Trinajstić information content (AvgIpc) is 3.07. The van der Waals surface area contributed by atoms with E-state index in [4.69, 9.17) is 0 Å². The topological polar surface area (TPSA) is 65.7 Å². The van der Waals surface area contributed by atoms with Crippen LogP contribution in [0.4, 0.5) is 24.5 Å². The lowest BCUT2D eigenvalue weighted by molar-refractivity contribution is -0.140. The molecular formula is C23H22F3N5. The minimum absolute atomic E-state index is 0.231. The number of nitrogens with one attached hydrogen (secondary N) is 2. The molecule has 0 amide bonds. The molecule has 0 radical (unpaired) electrons. The summed E-state index contributed by atoms with van der Waals surface area (Å²) >= 11 is 0. The highest BCUT2D eigenvalue weighted by Crippen LogP contribution is 2.29. The number of rotatable bonds is 5. The first-order valence-electron chi connectivity index (χ1n) is 9.62. The van der Waals surface area contributed by atoms with E-state index in [0.717, 1.165) is 5.69 Å². The number of hydrogen-bond acceptors (Lipinski definition) is 4. The van der Waals surface area contributed by atoms with Crippen molar-refractivity contribution in [3.8, 4) is 17.9 Å². The summed E-state index contributed by atoms with van der Waals surface area (Å²) in [6, 6.07) is 12.6. The molecule has 8 heteroatoms. The highest BCUT2D eigenvalue weighted by Gasteiger charge is 2.29. The summed E-state index contributed by atoms with van der Waals surface area (Å²) in [5, 5.41) is 15.9. The molecule has 2 heterocycles. The summed E-state index contributed by atoms with van der Waals surface area (Å²) in [7, 11) is 1.72. The van der Waals surface area contributed by atoms with Crippen molar-refractivity contribution in [3.63, 3.8) is 0 Å². The molecule has 0 saturated carbocycles. The first kappa shape index (κ1) is 22.0. The van der Waals surface area contributed by atoms with E-state index in [0.29, 0.717) is 28.0 Å². The zero-order valence-corrected chi connectivity index (χ0v) is 17.4. The van der Waals surface area contributed by atoms with Crippen LogP contribution in [0.1, 0.15) is 25.2 Å². The predicted octanol–water partition coefficient (Wildman–Crippen LogP) is 4.91. The van der Waals surface area contributed by atoms with Crippen molar-refractivity contribution in [1.82, 2.24) is 9.55 Å². The highest BCUT2D eigenvalue weighted by atomic mass is 19.4. The summed E-state index contributed by atoms with van der Waals surface area (Å²) in [6.07, 6.45) is -2.75. The standard InChI is InChI=1S/C23H22F3N5/c1-22(2,14-27)21-10-9-16(13-30-21)29-11-5-6-17-12-18-19(28-3)7-4-8-20(18)31(17)15-23(24,25)26/h4,7-10,12-13,28-29H,11,15H2,1-3H3. The van der Waals surface area contributed by atoms with E-state index in [-0.39, 0.29) is 6.54 Å². The molecule has 0 saturated heterocycles. The molecule has 0 aliphatic heterocycles. The van der Waals surface area contributed by atoms with Gasteiger partial charge in [-0.25, -0.2) is 0 Å². The number of fused-ring (bicyclic) bond motifs is 1. The Morgan fingerprint density at radius 1 is 1.16 bits per heavy atom. The number of benzene rings is 1. The summed E-state index contributed by atoms with van der Waals surface area (Å²) in [4.78, 5) is 4.29. The van der Waals surface area contributed by atoms with Crippen LogP contribution in [0.15, 0.2) is 42.6 Å². The molecule has 0 aliphatic carbocycles. The second-order valence-electron chi connectivity index (χ2n) is 7.54. The van der Waals surface area contributed by atoms with E-state index in [2.05, 4.69) is 33.5 Å². The number of anilines is 2. The fourth-order valence-corrected chi connectivity index (χ4v) is 3.16. The third-order valence-corrected chi connectivity index (χ3v) is 4.83. The SMILES string of the molecule is CNc1cccc2c1cc(C#CCNc1ccc(C(C)(C)C#N)nc1)n2CC(F)(F)F. The molecule has 5 nitrogen and oxygen atoms in total. The van der Waals surface area contributed by atoms with Crippen LogP contribution in [-0.4, -0.2) is 29.3 Å². The van der Waals surface area contributed by atoms with Crippen LogP contribution in [0.25, 0.3) is 10.9 Å². The average molecular weight is 425 g/mol. The van der Waals surface area contributed by atoms with Gasteiger partial charge in [-0.1, -0.05) is 12.0 Å². The van der Waals surface area contributed by atoms with Gasteiger partial charge in [-0.3, -0.25) is 4.98 Å². The van der Waals surface area contributed by atoms with Gasteiger partial charge in [0.15, 0.2) is 0 Å². The smallest absolute Gasteiger partial charge is 0.388 e. The largest absolute Gasteiger partial charge is 0.406 e. The maximum atomic E-state index is 13.1. The molecule has 3 rings (SSSR count). The van der Waals surface area contributed by atoms with Crippen LogP contribution < -0.4 is 10.6 Å². The lowest BCUT2D eigenvalue weighted by atomic mass is 9.91. The molecule has 0 fully saturated rings. The van der Waals surface area contributed by atoms with E-state index in [1.54, 1.807) is 57.4 Å². The maximum Gasteiger partial charge on any atom is 0.406 e. The van der Waals surface area contributed by atoms with Gasteiger partial charge < -0.3 is 15.2 Å². The predicted molar refractivity (Wildman–Crippen MR) is 116 cm³/mol. The highest BCUT2D eigenvalue weighted by molar-refractivity contribution is 5.93. The molecule has 31 heavy (non-hydrogen) atoms. The van der Waals surface area contributed by atoms with E-state index in [1.165, 1.54) is 4.57 Å². The van der Waals surface area contributed by atoms with Gasteiger partial charge in [0.2, 0.25) is 0 Å². The normalized spacial score (nSPS) is 11.5. The van der Waals surface area contributed by atoms with E-state index in [1.807, 2.05) is 6.07 Å². The molecule has 160 valence electrons. The van der Waals surface area contributed by atoms with Crippen molar-refractivity contribution in [1.29, 1.82) is 5.26 Å². The lowest BCUT2D eigenvalue weighted by Gasteiger charge is -2.14. The van der Waals surface area contributed by atoms with Gasteiger partial charge in [0, 0.05) is 18.1 Å². The van der Waals surface area contributed by atoms with E-state index >= 15 is 0 Å². The van der Waals surface area contributed by atoms with Gasteiger partial charge in [-0.05, 0) is 50.1 Å². The lowest BCUT2D eigenvalue weighted by Crippen LogP contribution is -2.18. The molecule has 0 aliphatic rings. The fraction of sp³-hybridized carbons (Fsp3) is 0.304. The van der Waals surface area contributed by atoms with Gasteiger partial charge in [-0.15, -0.1) is 0 Å². The van der Waals surface area contributed by atoms with Crippen molar-refractivity contribution in [2.45, 2.75) is 32.0 Å². The van der Waals surface area contributed by atoms with E-state index in [9.17, 15) is 18.4 Å². The second kappa shape index (κ2) is 8.61. The van der Waals surface area contributed by atoms with Gasteiger partial charge in [0.1, 0.15) is 6.54 Å². The number of hydrogen-bond donors (Lipinski definition) is 2. The Labute approximate surface area is 178 Å². The van der Waals surface area contributed by atoms with Crippen LogP contribution in [0.2, 0.25) is 0 Å². The fourth-order valence-electron chi connectivity index (χ4n) is 3.16. The minimum atomic E-state index is -4.36. The molecule has 1 aromatic carbocycles. The minimum Gasteiger partial charge on any atom is -0.388 e. The summed E-state index contributed by atoms with van der Waals surface area (Å²) in [5.41, 5.74) is 2.19. The maximum absolute atomic E-state index is 13.1.